The van der Waals surface area contributed by atoms with E-state index in [1.165, 1.54) is 29.9 Å². The molecule has 4 aromatic rings. The van der Waals surface area contributed by atoms with Gasteiger partial charge >= 0.3 is 0 Å². The molecule has 4 heterocycles. The molecule has 0 aliphatic carbocycles. The Bertz CT molecular complexity index is 1290. The second kappa shape index (κ2) is 11.9. The van der Waals surface area contributed by atoms with Crippen LogP contribution in [0.5, 0.6) is 0 Å². The predicted octanol–water partition coefficient (Wildman–Crippen LogP) is 6.68. The molecule has 1 N–H and O–H groups in total. The normalized spacial score (nSPS) is 14.9. The van der Waals surface area contributed by atoms with Gasteiger partial charge in [-0.2, -0.15) is 0 Å². The first-order valence-electron chi connectivity index (χ1n) is 12.0. The van der Waals surface area contributed by atoms with Gasteiger partial charge in [0.05, 0.1) is 17.4 Å². The molecule has 1 atom stereocenters. The lowest BCUT2D eigenvalue weighted by Gasteiger charge is -2.26. The maximum absolute atomic E-state index is 14.4. The molecule has 0 bridgehead atoms. The van der Waals surface area contributed by atoms with Gasteiger partial charge in [0.1, 0.15) is 17.3 Å². The van der Waals surface area contributed by atoms with Crippen molar-refractivity contribution in [1.82, 2.24) is 14.5 Å². The van der Waals surface area contributed by atoms with Crippen molar-refractivity contribution in [2.45, 2.75) is 45.7 Å². The van der Waals surface area contributed by atoms with E-state index in [0.717, 1.165) is 30.2 Å². The fourth-order valence-electron chi connectivity index (χ4n) is 4.18. The van der Waals surface area contributed by atoms with Crippen LogP contribution in [-0.4, -0.2) is 27.0 Å². The fourth-order valence-corrected chi connectivity index (χ4v) is 4.93. The number of hydrogen-bond acceptors (Lipinski definition) is 5. The maximum atomic E-state index is 14.4. The summed E-state index contributed by atoms with van der Waals surface area (Å²) in [6, 6.07) is 10.9. The standard InChI is InChI=1S/C24H21F2N5OS.C3H8/c25-17-5-6-20(18(26)13-17)31-12-2-3-21(31)19-15-33-24(28-19)29-23(32)22-4-1-11-30(22)14-16-7-9-27-10-8-16;1-3-2/h1,4-11,13,15,21H,2-3,12,14H2,(H,28,29,32);3H2,1-2H3. The van der Waals surface area contributed by atoms with Gasteiger partial charge in [-0.05, 0) is 54.8 Å². The Hall–Kier alpha value is -3.59. The minimum atomic E-state index is -0.598. The summed E-state index contributed by atoms with van der Waals surface area (Å²) in [6.45, 7) is 5.47. The number of rotatable bonds is 6. The van der Waals surface area contributed by atoms with Gasteiger partial charge in [0.25, 0.3) is 5.91 Å². The second-order valence-electron chi connectivity index (χ2n) is 8.56. The second-order valence-corrected chi connectivity index (χ2v) is 9.42. The summed E-state index contributed by atoms with van der Waals surface area (Å²) in [7, 11) is 0. The fraction of sp³-hybridized carbons (Fsp3) is 0.296. The lowest BCUT2D eigenvalue weighted by molar-refractivity contribution is 0.101. The van der Waals surface area contributed by atoms with Crippen LogP contribution in [0.25, 0.3) is 0 Å². The highest BCUT2D eigenvalue weighted by molar-refractivity contribution is 7.14. The molecule has 9 heteroatoms. The van der Waals surface area contributed by atoms with Crippen LogP contribution >= 0.6 is 11.3 Å². The summed E-state index contributed by atoms with van der Waals surface area (Å²) in [5.41, 5.74) is 2.70. The van der Waals surface area contributed by atoms with Gasteiger partial charge in [-0.3, -0.25) is 15.1 Å². The Balaban J connectivity index is 0.000000967. The molecular formula is C27H29F2N5OS. The molecule has 1 aromatic carbocycles. The van der Waals surface area contributed by atoms with Crippen LogP contribution in [0.2, 0.25) is 0 Å². The summed E-state index contributed by atoms with van der Waals surface area (Å²) in [5, 5.41) is 5.25. The molecular weight excluding hydrogens is 480 g/mol. The van der Waals surface area contributed by atoms with Crippen LogP contribution in [0.1, 0.15) is 60.9 Å². The minimum absolute atomic E-state index is 0.123. The lowest BCUT2D eigenvalue weighted by atomic mass is 10.1. The first kappa shape index (κ1) is 25.5. The third-order valence-corrected chi connectivity index (χ3v) is 6.50. The van der Waals surface area contributed by atoms with Crippen molar-refractivity contribution in [3.05, 3.63) is 95.0 Å². The van der Waals surface area contributed by atoms with Crippen LogP contribution in [0.4, 0.5) is 19.6 Å². The molecule has 1 fully saturated rings. The monoisotopic (exact) mass is 509 g/mol. The quantitative estimate of drug-likeness (QED) is 0.315. The van der Waals surface area contributed by atoms with Crippen LogP contribution in [0, 0.1) is 11.6 Å². The zero-order chi connectivity index (χ0) is 25.5. The molecule has 1 aliphatic rings. The molecule has 1 unspecified atom stereocenters. The van der Waals surface area contributed by atoms with Crippen LogP contribution in [0.3, 0.4) is 0 Å². The van der Waals surface area contributed by atoms with Gasteiger partial charge in [-0.25, -0.2) is 13.8 Å². The summed E-state index contributed by atoms with van der Waals surface area (Å²) in [4.78, 5) is 23.4. The van der Waals surface area contributed by atoms with Crippen LogP contribution in [0.15, 0.2) is 66.4 Å². The van der Waals surface area contributed by atoms with E-state index >= 15 is 0 Å². The molecule has 1 amide bonds. The number of amides is 1. The van der Waals surface area contributed by atoms with E-state index in [0.29, 0.717) is 29.6 Å². The number of pyridine rings is 1. The summed E-state index contributed by atoms with van der Waals surface area (Å²) >= 11 is 1.33. The van der Waals surface area contributed by atoms with E-state index in [4.69, 9.17) is 0 Å². The predicted molar refractivity (Wildman–Crippen MR) is 139 cm³/mol. The Labute approximate surface area is 213 Å². The molecule has 0 spiro atoms. The third kappa shape index (κ3) is 5.96. The number of aromatic nitrogens is 3. The van der Waals surface area contributed by atoms with Crippen molar-refractivity contribution in [3.63, 3.8) is 0 Å². The number of carbonyl (C=O) groups is 1. The first-order valence-corrected chi connectivity index (χ1v) is 12.9. The van der Waals surface area contributed by atoms with Gasteiger partial charge in [0.15, 0.2) is 5.13 Å². The molecule has 6 nitrogen and oxygen atoms in total. The smallest absolute Gasteiger partial charge is 0.274 e. The Morgan fingerprint density at radius 1 is 1.17 bits per heavy atom. The number of benzene rings is 1. The molecule has 0 saturated carbocycles. The summed E-state index contributed by atoms with van der Waals surface area (Å²) in [6.07, 6.45) is 8.24. The molecule has 1 aliphatic heterocycles. The Kier molecular flexibility index (Phi) is 8.43. The van der Waals surface area contributed by atoms with Gasteiger partial charge in [0, 0.05) is 43.1 Å². The van der Waals surface area contributed by atoms with Gasteiger partial charge in [0.2, 0.25) is 0 Å². The van der Waals surface area contributed by atoms with Gasteiger partial charge < -0.3 is 9.47 Å². The van der Waals surface area contributed by atoms with Crippen molar-refractivity contribution in [3.8, 4) is 0 Å². The van der Waals surface area contributed by atoms with E-state index in [-0.39, 0.29) is 11.9 Å². The number of thiazole rings is 1. The zero-order valence-electron chi connectivity index (χ0n) is 20.3. The van der Waals surface area contributed by atoms with Crippen LogP contribution in [-0.2, 0) is 6.54 Å². The molecule has 0 radical (unpaired) electrons. The maximum Gasteiger partial charge on any atom is 0.274 e. The van der Waals surface area contributed by atoms with E-state index in [1.807, 2.05) is 39.2 Å². The molecule has 188 valence electrons. The molecule has 3 aromatic heterocycles. The first-order chi connectivity index (χ1) is 17.5. The number of hydrogen-bond donors (Lipinski definition) is 1. The molecule has 5 rings (SSSR count). The van der Waals surface area contributed by atoms with Crippen molar-refractivity contribution >= 4 is 28.1 Å². The number of anilines is 2. The average molecular weight is 510 g/mol. The third-order valence-electron chi connectivity index (χ3n) is 5.72. The van der Waals surface area contributed by atoms with Gasteiger partial charge in [-0.15, -0.1) is 11.3 Å². The number of nitrogens with zero attached hydrogens (tertiary/aromatic N) is 4. The molecule has 1 saturated heterocycles. The highest BCUT2D eigenvalue weighted by Gasteiger charge is 2.30. The Morgan fingerprint density at radius 2 is 1.94 bits per heavy atom. The van der Waals surface area contributed by atoms with Crippen molar-refractivity contribution in [2.75, 3.05) is 16.8 Å². The SMILES string of the molecule is CCC.O=C(Nc1nc(C2CCCN2c2ccc(F)cc2F)cs1)c1cccn1Cc1ccncc1. The minimum Gasteiger partial charge on any atom is -0.361 e. The van der Waals surface area contributed by atoms with E-state index < -0.39 is 11.6 Å². The van der Waals surface area contributed by atoms with Crippen LogP contribution < -0.4 is 10.2 Å². The van der Waals surface area contributed by atoms with E-state index in [2.05, 4.69) is 29.1 Å². The number of halogens is 2. The highest BCUT2D eigenvalue weighted by Crippen LogP contribution is 2.38. The zero-order valence-corrected chi connectivity index (χ0v) is 21.1. The lowest BCUT2D eigenvalue weighted by Crippen LogP contribution is -2.24. The average Bonchev–Trinajstić information content (AvgIpc) is 3.61. The summed E-state index contributed by atoms with van der Waals surface area (Å²) < 4.78 is 29.6. The number of carbonyl (C=O) groups excluding carboxylic acids is 1. The largest absolute Gasteiger partial charge is 0.361 e. The van der Waals surface area contributed by atoms with Gasteiger partial charge in [-0.1, -0.05) is 20.3 Å². The van der Waals surface area contributed by atoms with E-state index in [9.17, 15) is 13.6 Å². The highest BCUT2D eigenvalue weighted by atomic mass is 32.1. The van der Waals surface area contributed by atoms with Crippen molar-refractivity contribution in [2.24, 2.45) is 0 Å². The topological polar surface area (TPSA) is 63.1 Å². The molecule has 36 heavy (non-hydrogen) atoms. The van der Waals surface area contributed by atoms with Crippen molar-refractivity contribution in [1.29, 1.82) is 0 Å². The van der Waals surface area contributed by atoms with Crippen molar-refractivity contribution < 1.29 is 13.6 Å². The Morgan fingerprint density at radius 3 is 2.69 bits per heavy atom. The summed E-state index contributed by atoms with van der Waals surface area (Å²) in [5.74, 6) is -1.43. The van der Waals surface area contributed by atoms with E-state index in [1.54, 1.807) is 18.5 Å². The number of nitrogens with one attached hydrogen (secondary N) is 1.